The highest BCUT2D eigenvalue weighted by Crippen LogP contribution is 2.41. The maximum absolute atomic E-state index is 14.8. The van der Waals surface area contributed by atoms with Crippen LogP contribution in [-0.4, -0.2) is 49.7 Å². The van der Waals surface area contributed by atoms with E-state index >= 15 is 0 Å². The van der Waals surface area contributed by atoms with Crippen LogP contribution in [0.3, 0.4) is 0 Å². The second kappa shape index (κ2) is 15.5. The first kappa shape index (κ1) is 27.7. The molecule has 7 unspecified atom stereocenters. The predicted octanol–water partition coefficient (Wildman–Crippen LogP) is 5.30. The lowest BCUT2D eigenvalue weighted by atomic mass is 9.85. The Balaban J connectivity index is 2.67. The topological polar surface area (TPSA) is 76.0 Å². The van der Waals surface area contributed by atoms with Gasteiger partial charge in [-0.15, -0.1) is 0 Å². The Hall–Kier alpha value is -0.333. The van der Waals surface area contributed by atoms with E-state index < -0.39 is 27.3 Å². The maximum atomic E-state index is 14.8. The summed E-state index contributed by atoms with van der Waals surface area (Å²) < 4.78 is 26.3. The van der Waals surface area contributed by atoms with E-state index in [2.05, 4.69) is 16.4 Å². The van der Waals surface area contributed by atoms with E-state index in [1.807, 2.05) is 25.2 Å². The third kappa shape index (κ3) is 10.3. The van der Waals surface area contributed by atoms with Crippen molar-refractivity contribution >= 4 is 24.5 Å². The fraction of sp³-hybridized carbons (Fsp3) is 0.864. The second-order valence-corrected chi connectivity index (χ2v) is 10.9. The molecular formula is C22H41FO5PSi+. The summed E-state index contributed by atoms with van der Waals surface area (Å²) >= 11 is 0. The number of hydrogen-bond donors (Lipinski definition) is 2. The summed E-state index contributed by atoms with van der Waals surface area (Å²) in [5.41, 5.74) is 0. The molecule has 5 nitrogen and oxygen atoms in total. The highest BCUT2D eigenvalue weighted by atomic mass is 31.0. The van der Waals surface area contributed by atoms with Crippen molar-refractivity contribution in [3.05, 3.63) is 12.2 Å². The Morgan fingerprint density at radius 1 is 1.27 bits per heavy atom. The average Bonchev–Trinajstić information content (AvgIpc) is 3.00. The van der Waals surface area contributed by atoms with Crippen LogP contribution in [0, 0.1) is 11.8 Å². The Morgan fingerprint density at radius 2 is 2.00 bits per heavy atom. The number of unbranched alkanes of at least 4 members (excludes halogenated alkanes) is 2. The number of allylic oxidation sites excluding steroid dienone is 2. The van der Waals surface area contributed by atoms with Gasteiger partial charge in [0.2, 0.25) is 0 Å². The van der Waals surface area contributed by atoms with Gasteiger partial charge in [0.05, 0.1) is 25.3 Å². The average molecular weight is 464 g/mol. The Morgan fingerprint density at radius 3 is 2.60 bits per heavy atom. The number of aliphatic hydroxyl groups is 1. The van der Waals surface area contributed by atoms with E-state index in [0.29, 0.717) is 25.7 Å². The normalized spacial score (nSPS) is 26.2. The first-order valence-corrected chi connectivity index (χ1v) is 14.2. The van der Waals surface area contributed by atoms with Crippen LogP contribution in [0.4, 0.5) is 4.39 Å². The highest BCUT2D eigenvalue weighted by molar-refractivity contribution is 7.09. The summed E-state index contributed by atoms with van der Waals surface area (Å²) in [4.78, 5) is 10.6. The number of aliphatic hydroxyl groups excluding tert-OH is 1. The molecular weight excluding hydrogens is 422 g/mol. The fourth-order valence-corrected chi connectivity index (χ4v) is 5.52. The van der Waals surface area contributed by atoms with Gasteiger partial charge in [0.25, 0.3) is 0 Å². The highest BCUT2D eigenvalue weighted by Gasteiger charge is 2.42. The molecule has 174 valence electrons. The molecule has 1 fully saturated rings. The zero-order valence-electron chi connectivity index (χ0n) is 18.8. The summed E-state index contributed by atoms with van der Waals surface area (Å²) in [7, 11) is 1.32. The van der Waals surface area contributed by atoms with Gasteiger partial charge in [-0.05, 0) is 50.4 Å². The van der Waals surface area contributed by atoms with E-state index in [4.69, 9.17) is 14.1 Å². The van der Waals surface area contributed by atoms with Crippen molar-refractivity contribution in [3.63, 3.8) is 0 Å². The van der Waals surface area contributed by atoms with Crippen LogP contribution in [0.5, 0.6) is 0 Å². The SMILES string of the molecule is CCCCC(F)C(CCC1C(OP)CC(O)C1C/C=C\CCCC(=O)O)O[Si+](C)C. The molecule has 1 aliphatic carbocycles. The fourth-order valence-electron chi connectivity index (χ4n) is 4.34. The number of rotatable bonds is 16. The molecule has 0 heterocycles. The monoisotopic (exact) mass is 463 g/mol. The summed E-state index contributed by atoms with van der Waals surface area (Å²) in [6.07, 6.45) is 8.82. The third-order valence-electron chi connectivity index (χ3n) is 5.92. The van der Waals surface area contributed by atoms with E-state index in [0.717, 1.165) is 32.1 Å². The second-order valence-electron chi connectivity index (χ2n) is 8.60. The smallest absolute Gasteiger partial charge is 0.467 e. The van der Waals surface area contributed by atoms with Gasteiger partial charge in [-0.2, -0.15) is 0 Å². The van der Waals surface area contributed by atoms with Crippen molar-refractivity contribution in [1.82, 2.24) is 0 Å². The summed E-state index contributed by atoms with van der Waals surface area (Å²) in [5.74, 6) is -0.565. The lowest BCUT2D eigenvalue weighted by molar-refractivity contribution is -0.137. The van der Waals surface area contributed by atoms with Crippen LogP contribution < -0.4 is 0 Å². The van der Waals surface area contributed by atoms with Crippen molar-refractivity contribution < 1.29 is 28.3 Å². The minimum atomic E-state index is -0.997. The molecule has 0 aliphatic heterocycles. The molecule has 0 saturated heterocycles. The molecule has 8 heteroatoms. The van der Waals surface area contributed by atoms with Gasteiger partial charge in [-0.1, -0.05) is 31.9 Å². The predicted molar refractivity (Wildman–Crippen MR) is 123 cm³/mol. The van der Waals surface area contributed by atoms with Gasteiger partial charge in [-0.3, -0.25) is 4.79 Å². The van der Waals surface area contributed by atoms with Gasteiger partial charge in [0.15, 0.2) is 0 Å². The van der Waals surface area contributed by atoms with Crippen LogP contribution in [0.1, 0.15) is 71.1 Å². The molecule has 1 saturated carbocycles. The Kier molecular flexibility index (Phi) is 14.3. The summed E-state index contributed by atoms with van der Waals surface area (Å²) in [5, 5.41) is 19.3. The summed E-state index contributed by atoms with van der Waals surface area (Å²) in [6, 6.07) is 0. The molecule has 7 atom stereocenters. The molecule has 1 rings (SSSR count). The van der Waals surface area contributed by atoms with Crippen LogP contribution in [-0.2, 0) is 13.7 Å². The first-order valence-electron chi connectivity index (χ1n) is 11.3. The van der Waals surface area contributed by atoms with Crippen molar-refractivity contribution in [1.29, 1.82) is 0 Å². The van der Waals surface area contributed by atoms with Crippen molar-refractivity contribution in [2.45, 2.75) is 109 Å². The number of halogens is 1. The van der Waals surface area contributed by atoms with Crippen LogP contribution in [0.2, 0.25) is 13.1 Å². The molecule has 30 heavy (non-hydrogen) atoms. The van der Waals surface area contributed by atoms with E-state index in [1.165, 1.54) is 0 Å². The van der Waals surface area contributed by atoms with E-state index in [-0.39, 0.29) is 30.5 Å². The molecule has 0 spiro atoms. The molecule has 0 radical (unpaired) electrons. The van der Waals surface area contributed by atoms with Gasteiger partial charge >= 0.3 is 15.0 Å². The van der Waals surface area contributed by atoms with Crippen molar-refractivity contribution in [2.24, 2.45) is 11.8 Å². The lowest BCUT2D eigenvalue weighted by Crippen LogP contribution is -2.32. The number of alkyl halides is 1. The molecule has 0 aromatic carbocycles. The zero-order valence-corrected chi connectivity index (χ0v) is 20.9. The summed E-state index contributed by atoms with van der Waals surface area (Å²) in [6.45, 7) is 6.14. The van der Waals surface area contributed by atoms with E-state index in [9.17, 15) is 14.3 Å². The largest absolute Gasteiger partial charge is 0.481 e. The number of hydrogen-bond acceptors (Lipinski definition) is 4. The van der Waals surface area contributed by atoms with Crippen molar-refractivity contribution in [2.75, 3.05) is 0 Å². The van der Waals surface area contributed by atoms with Crippen molar-refractivity contribution in [3.8, 4) is 0 Å². The Labute approximate surface area is 185 Å². The molecule has 0 amide bonds. The molecule has 0 aromatic heterocycles. The maximum Gasteiger partial charge on any atom is 0.467 e. The van der Waals surface area contributed by atoms with Gasteiger partial charge < -0.3 is 14.7 Å². The quantitative estimate of drug-likeness (QED) is 0.141. The lowest BCUT2D eigenvalue weighted by Gasteiger charge is -2.26. The van der Waals surface area contributed by atoms with Crippen LogP contribution >= 0.6 is 9.47 Å². The third-order valence-corrected chi connectivity index (χ3v) is 7.04. The van der Waals surface area contributed by atoms with Crippen LogP contribution in [0.15, 0.2) is 12.2 Å². The first-order chi connectivity index (χ1) is 14.3. The number of carboxylic acid groups (broad SMARTS) is 1. The Bertz CT molecular complexity index is 508. The van der Waals surface area contributed by atoms with Gasteiger partial charge in [-0.25, -0.2) is 8.82 Å². The van der Waals surface area contributed by atoms with Gasteiger partial charge in [0, 0.05) is 22.3 Å². The van der Waals surface area contributed by atoms with Crippen LogP contribution in [0.25, 0.3) is 0 Å². The van der Waals surface area contributed by atoms with E-state index in [1.54, 1.807) is 0 Å². The number of aliphatic carboxylic acids is 1. The standard InChI is InChI=1S/C22H40FO5PSi/c1-4-5-11-18(23)20(28-30(2)3)14-13-17-16(19(24)15-21(17)27-29)10-8-6-7-9-12-22(25)26/h6,8,16-21,24H,4-5,7,9-15,29H2,1-3H3/p+1/b8-6-. The number of carboxylic acids is 1. The zero-order chi connectivity index (χ0) is 22.5. The minimum absolute atomic E-state index is 0.0576. The van der Waals surface area contributed by atoms with Gasteiger partial charge in [0.1, 0.15) is 12.3 Å². The molecule has 1 aliphatic rings. The molecule has 0 aromatic rings. The molecule has 2 N–H and O–H groups in total. The molecule has 0 bridgehead atoms. The minimum Gasteiger partial charge on any atom is -0.481 e. The number of carbonyl (C=O) groups is 1.